The highest BCUT2D eigenvalue weighted by Gasteiger charge is 1.95. The normalized spacial score (nSPS) is 13.5. The molecule has 62 valence electrons. The summed E-state index contributed by atoms with van der Waals surface area (Å²) in [5.74, 6) is 0. The van der Waals surface area contributed by atoms with Crippen molar-refractivity contribution in [3.8, 4) is 0 Å². The molecule has 0 amide bonds. The molecule has 3 heteroatoms. The molecule has 0 aliphatic heterocycles. The summed E-state index contributed by atoms with van der Waals surface area (Å²) in [7, 11) is 0. The van der Waals surface area contributed by atoms with Crippen LogP contribution in [0.3, 0.4) is 0 Å². The second-order valence-electron chi connectivity index (χ2n) is 2.33. The highest BCUT2D eigenvalue weighted by Crippen LogP contribution is 2.01. The zero-order valence-corrected chi connectivity index (χ0v) is 7.58. The van der Waals surface area contributed by atoms with E-state index in [9.17, 15) is 0 Å². The molecule has 0 spiro atoms. The molecule has 2 N–H and O–H groups in total. The van der Waals surface area contributed by atoms with Crippen LogP contribution in [-0.2, 0) is 0 Å². The Kier molecular flexibility index (Phi) is 7.58. The summed E-state index contributed by atoms with van der Waals surface area (Å²) in [6.07, 6.45) is 2.97. The third-order valence-corrected chi connectivity index (χ3v) is 2.32. The van der Waals surface area contributed by atoms with E-state index in [0.717, 1.165) is 19.5 Å². The number of rotatable bonds is 6. The second kappa shape index (κ2) is 7.38. The van der Waals surface area contributed by atoms with Crippen molar-refractivity contribution in [2.75, 3.05) is 26.0 Å². The minimum absolute atomic E-state index is 0.292. The van der Waals surface area contributed by atoms with Crippen LogP contribution < -0.4 is 5.32 Å². The zero-order valence-electron chi connectivity index (χ0n) is 6.76. The van der Waals surface area contributed by atoms with Crippen molar-refractivity contribution in [1.29, 1.82) is 0 Å². The summed E-state index contributed by atoms with van der Waals surface area (Å²) in [4.78, 5) is 0. The lowest BCUT2D eigenvalue weighted by molar-refractivity contribution is 0.286. The van der Waals surface area contributed by atoms with E-state index < -0.39 is 0 Å². The monoisotopic (exact) mass is 163 g/mol. The van der Waals surface area contributed by atoms with Gasteiger partial charge in [0.1, 0.15) is 0 Å². The first-order chi connectivity index (χ1) is 4.81. The quantitative estimate of drug-likeness (QED) is 0.566. The van der Waals surface area contributed by atoms with Crippen LogP contribution in [0, 0.1) is 0 Å². The second-order valence-corrected chi connectivity index (χ2v) is 3.60. The van der Waals surface area contributed by atoms with Crippen LogP contribution in [0.2, 0.25) is 0 Å². The fourth-order valence-electron chi connectivity index (χ4n) is 0.593. The third kappa shape index (κ3) is 6.39. The molecule has 0 rings (SSSR count). The van der Waals surface area contributed by atoms with Gasteiger partial charge in [0.05, 0.1) is 0 Å². The fourth-order valence-corrected chi connectivity index (χ4v) is 0.877. The molecule has 0 bridgehead atoms. The van der Waals surface area contributed by atoms with E-state index in [-0.39, 0.29) is 0 Å². The number of thioether (sulfide) groups is 1. The predicted molar refractivity (Wildman–Crippen MR) is 47.5 cm³/mol. The average Bonchev–Trinajstić information content (AvgIpc) is 1.98. The molecule has 0 heterocycles. The topological polar surface area (TPSA) is 32.3 Å². The standard InChI is InChI=1S/C7H17NOS/c1-7(10-2)6-8-4-3-5-9/h7-9H,3-6H2,1-2H3. The van der Waals surface area contributed by atoms with E-state index in [1.165, 1.54) is 0 Å². The molecule has 2 nitrogen and oxygen atoms in total. The van der Waals surface area contributed by atoms with Gasteiger partial charge in [-0.25, -0.2) is 0 Å². The van der Waals surface area contributed by atoms with Gasteiger partial charge in [0, 0.05) is 18.4 Å². The van der Waals surface area contributed by atoms with Gasteiger partial charge < -0.3 is 10.4 Å². The van der Waals surface area contributed by atoms with Crippen molar-refractivity contribution in [3.05, 3.63) is 0 Å². The minimum Gasteiger partial charge on any atom is -0.396 e. The maximum atomic E-state index is 8.44. The van der Waals surface area contributed by atoms with Gasteiger partial charge in [-0.2, -0.15) is 11.8 Å². The van der Waals surface area contributed by atoms with Crippen LogP contribution in [0.5, 0.6) is 0 Å². The van der Waals surface area contributed by atoms with E-state index in [1.54, 1.807) is 0 Å². The Labute approximate surface area is 67.4 Å². The zero-order chi connectivity index (χ0) is 7.82. The molecular formula is C7H17NOS. The predicted octanol–water partition coefficient (Wildman–Crippen LogP) is 0.710. The highest BCUT2D eigenvalue weighted by molar-refractivity contribution is 7.99. The summed E-state index contributed by atoms with van der Waals surface area (Å²) in [6.45, 7) is 4.46. The molecule has 1 unspecified atom stereocenters. The molecule has 0 aromatic heterocycles. The highest BCUT2D eigenvalue weighted by atomic mass is 32.2. The molecule has 0 aliphatic carbocycles. The lowest BCUT2D eigenvalue weighted by Gasteiger charge is -2.08. The molecule has 0 aromatic rings. The fraction of sp³-hybridized carbons (Fsp3) is 1.00. The molecular weight excluding hydrogens is 146 g/mol. The molecule has 10 heavy (non-hydrogen) atoms. The average molecular weight is 163 g/mol. The van der Waals surface area contributed by atoms with E-state index in [1.807, 2.05) is 11.8 Å². The van der Waals surface area contributed by atoms with Crippen molar-refractivity contribution >= 4 is 11.8 Å². The van der Waals surface area contributed by atoms with Crippen molar-refractivity contribution < 1.29 is 5.11 Å². The lowest BCUT2D eigenvalue weighted by Crippen LogP contribution is -2.24. The van der Waals surface area contributed by atoms with E-state index in [2.05, 4.69) is 18.5 Å². The lowest BCUT2D eigenvalue weighted by atomic mass is 10.4. The van der Waals surface area contributed by atoms with Crippen molar-refractivity contribution in [3.63, 3.8) is 0 Å². The van der Waals surface area contributed by atoms with E-state index in [4.69, 9.17) is 5.11 Å². The van der Waals surface area contributed by atoms with Crippen LogP contribution in [0.25, 0.3) is 0 Å². The first kappa shape index (κ1) is 10.3. The first-order valence-corrected chi connectivity index (χ1v) is 4.94. The molecule has 0 radical (unpaired) electrons. The Morgan fingerprint density at radius 2 is 2.30 bits per heavy atom. The molecule has 1 atom stereocenters. The van der Waals surface area contributed by atoms with Gasteiger partial charge >= 0.3 is 0 Å². The van der Waals surface area contributed by atoms with Gasteiger partial charge in [-0.1, -0.05) is 6.92 Å². The summed E-state index contributed by atoms with van der Waals surface area (Å²) in [5.41, 5.74) is 0. The SMILES string of the molecule is CSC(C)CNCCCO. The number of hydrogen-bond acceptors (Lipinski definition) is 3. The summed E-state index contributed by atoms with van der Waals surface area (Å²) in [6, 6.07) is 0. The maximum Gasteiger partial charge on any atom is 0.0443 e. The number of aliphatic hydroxyl groups is 1. The van der Waals surface area contributed by atoms with Gasteiger partial charge in [-0.3, -0.25) is 0 Å². The number of hydrogen-bond donors (Lipinski definition) is 2. The molecule has 0 saturated carbocycles. The Morgan fingerprint density at radius 1 is 1.60 bits per heavy atom. The Balaban J connectivity index is 2.89. The van der Waals surface area contributed by atoms with Gasteiger partial charge in [-0.15, -0.1) is 0 Å². The first-order valence-electron chi connectivity index (χ1n) is 3.65. The minimum atomic E-state index is 0.292. The van der Waals surface area contributed by atoms with Crippen LogP contribution in [0.15, 0.2) is 0 Å². The Morgan fingerprint density at radius 3 is 2.80 bits per heavy atom. The number of aliphatic hydroxyl groups excluding tert-OH is 1. The van der Waals surface area contributed by atoms with Gasteiger partial charge in [-0.05, 0) is 19.2 Å². The van der Waals surface area contributed by atoms with Crippen molar-refractivity contribution in [2.24, 2.45) is 0 Å². The van der Waals surface area contributed by atoms with E-state index >= 15 is 0 Å². The Bertz CT molecular complexity index is 70.6. The molecule has 0 fully saturated rings. The largest absolute Gasteiger partial charge is 0.396 e. The van der Waals surface area contributed by atoms with Gasteiger partial charge in [0.25, 0.3) is 0 Å². The van der Waals surface area contributed by atoms with Crippen LogP contribution >= 0.6 is 11.8 Å². The smallest absolute Gasteiger partial charge is 0.0443 e. The van der Waals surface area contributed by atoms with E-state index in [0.29, 0.717) is 11.9 Å². The van der Waals surface area contributed by atoms with Gasteiger partial charge in [0.2, 0.25) is 0 Å². The van der Waals surface area contributed by atoms with Crippen LogP contribution in [0.1, 0.15) is 13.3 Å². The van der Waals surface area contributed by atoms with Crippen molar-refractivity contribution in [1.82, 2.24) is 5.32 Å². The molecule has 0 aromatic carbocycles. The molecule has 0 saturated heterocycles. The Hall–Kier alpha value is 0.270. The molecule has 0 aliphatic rings. The third-order valence-electron chi connectivity index (χ3n) is 1.35. The summed E-state index contributed by atoms with van der Waals surface area (Å²) in [5, 5.41) is 12.4. The maximum absolute atomic E-state index is 8.44. The summed E-state index contributed by atoms with van der Waals surface area (Å²) >= 11 is 1.86. The van der Waals surface area contributed by atoms with Crippen LogP contribution in [-0.4, -0.2) is 36.3 Å². The van der Waals surface area contributed by atoms with Crippen LogP contribution in [0.4, 0.5) is 0 Å². The van der Waals surface area contributed by atoms with Crippen molar-refractivity contribution in [2.45, 2.75) is 18.6 Å². The number of nitrogens with one attached hydrogen (secondary N) is 1. The van der Waals surface area contributed by atoms with Gasteiger partial charge in [0.15, 0.2) is 0 Å². The summed E-state index contributed by atoms with van der Waals surface area (Å²) < 4.78 is 0.